The summed E-state index contributed by atoms with van der Waals surface area (Å²) in [5, 5.41) is 2.55. The van der Waals surface area contributed by atoms with Crippen LogP contribution in [-0.2, 0) is 21.5 Å². The number of hydrogen-bond acceptors (Lipinski definition) is 4. The molecule has 82 valence electrons. The molecule has 0 aliphatic heterocycles. The van der Waals surface area contributed by atoms with Crippen LogP contribution in [-0.4, -0.2) is 18.9 Å². The molecule has 0 heterocycles. The normalized spacial score (nSPS) is 10.4. The Kier molecular flexibility index (Phi) is 6.20. The van der Waals surface area contributed by atoms with Crippen LogP contribution < -0.4 is 34.9 Å². The SMILES string of the molecule is CC(=O)NCc1ccc(S(=O)(=O)[O-])cc1.[Na+]. The van der Waals surface area contributed by atoms with Crippen molar-refractivity contribution in [2.75, 3.05) is 0 Å². The fraction of sp³-hybridized carbons (Fsp3) is 0.222. The van der Waals surface area contributed by atoms with Crippen molar-refractivity contribution in [1.29, 1.82) is 0 Å². The number of rotatable bonds is 3. The summed E-state index contributed by atoms with van der Waals surface area (Å²) in [7, 11) is -4.39. The van der Waals surface area contributed by atoms with E-state index in [4.69, 9.17) is 0 Å². The molecule has 7 heteroatoms. The molecular weight excluding hydrogens is 241 g/mol. The molecule has 0 unspecified atom stereocenters. The van der Waals surface area contributed by atoms with Gasteiger partial charge in [-0.1, -0.05) is 12.1 Å². The molecule has 0 bridgehead atoms. The van der Waals surface area contributed by atoms with Crippen LogP contribution >= 0.6 is 0 Å². The van der Waals surface area contributed by atoms with Crippen LogP contribution in [0, 0.1) is 0 Å². The molecule has 0 aliphatic rings. The molecular formula is C9H10NNaO4S. The molecule has 1 aromatic carbocycles. The zero-order valence-corrected chi connectivity index (χ0v) is 11.9. The number of amides is 1. The van der Waals surface area contributed by atoms with Crippen molar-refractivity contribution in [3.8, 4) is 0 Å². The first-order valence-electron chi connectivity index (χ1n) is 4.19. The van der Waals surface area contributed by atoms with E-state index in [1.54, 1.807) is 0 Å². The minimum Gasteiger partial charge on any atom is -0.744 e. The second-order valence-corrected chi connectivity index (χ2v) is 4.39. The van der Waals surface area contributed by atoms with Crippen LogP contribution in [0.2, 0.25) is 0 Å². The summed E-state index contributed by atoms with van der Waals surface area (Å²) in [5.41, 5.74) is 0.734. The van der Waals surface area contributed by atoms with Crippen molar-refractivity contribution in [1.82, 2.24) is 5.32 Å². The fourth-order valence-electron chi connectivity index (χ4n) is 1.00. The van der Waals surface area contributed by atoms with E-state index in [2.05, 4.69) is 5.32 Å². The van der Waals surface area contributed by atoms with E-state index in [0.717, 1.165) is 5.56 Å². The van der Waals surface area contributed by atoms with E-state index in [0.29, 0.717) is 6.54 Å². The first-order valence-corrected chi connectivity index (χ1v) is 5.59. The second kappa shape index (κ2) is 6.36. The summed E-state index contributed by atoms with van der Waals surface area (Å²) in [4.78, 5) is 10.3. The Morgan fingerprint density at radius 1 is 1.31 bits per heavy atom. The van der Waals surface area contributed by atoms with Crippen LogP contribution in [0.5, 0.6) is 0 Å². The van der Waals surface area contributed by atoms with E-state index >= 15 is 0 Å². The summed E-state index contributed by atoms with van der Waals surface area (Å²) < 4.78 is 31.8. The van der Waals surface area contributed by atoms with Crippen molar-refractivity contribution in [3.05, 3.63) is 29.8 Å². The van der Waals surface area contributed by atoms with Gasteiger partial charge in [0.15, 0.2) is 0 Å². The van der Waals surface area contributed by atoms with Crippen molar-refractivity contribution in [2.45, 2.75) is 18.4 Å². The average Bonchev–Trinajstić information content (AvgIpc) is 2.14. The van der Waals surface area contributed by atoms with Gasteiger partial charge in [0.25, 0.3) is 0 Å². The van der Waals surface area contributed by atoms with E-state index in [1.165, 1.54) is 31.2 Å². The molecule has 0 fully saturated rings. The Morgan fingerprint density at radius 2 is 1.81 bits per heavy atom. The van der Waals surface area contributed by atoms with Gasteiger partial charge >= 0.3 is 29.6 Å². The third-order valence-electron chi connectivity index (χ3n) is 1.75. The molecule has 0 atom stereocenters. The predicted molar refractivity (Wildman–Crippen MR) is 51.9 cm³/mol. The summed E-state index contributed by atoms with van der Waals surface area (Å²) in [5.74, 6) is -0.171. The second-order valence-electron chi connectivity index (χ2n) is 3.01. The maximum Gasteiger partial charge on any atom is 1.00 e. The van der Waals surface area contributed by atoms with Crippen LogP contribution in [0.15, 0.2) is 29.2 Å². The van der Waals surface area contributed by atoms with Gasteiger partial charge in [-0.05, 0) is 17.7 Å². The number of hydrogen-bond donors (Lipinski definition) is 1. The number of nitrogens with one attached hydrogen (secondary N) is 1. The molecule has 0 aliphatic carbocycles. The fourth-order valence-corrected chi connectivity index (χ4v) is 1.47. The topological polar surface area (TPSA) is 86.3 Å². The van der Waals surface area contributed by atoms with Crippen LogP contribution in [0.25, 0.3) is 0 Å². The molecule has 1 aromatic rings. The quantitative estimate of drug-likeness (QED) is 0.465. The number of carbonyl (C=O) groups excluding carboxylic acids is 1. The Morgan fingerprint density at radius 3 is 2.19 bits per heavy atom. The molecule has 1 amide bonds. The summed E-state index contributed by atoms with van der Waals surface area (Å²) in [6.07, 6.45) is 0. The minimum absolute atomic E-state index is 0. The van der Waals surface area contributed by atoms with Crippen molar-refractivity contribution in [3.63, 3.8) is 0 Å². The molecule has 0 spiro atoms. The summed E-state index contributed by atoms with van der Waals surface area (Å²) >= 11 is 0. The minimum atomic E-state index is -4.39. The van der Waals surface area contributed by atoms with Gasteiger partial charge in [0.05, 0.1) is 4.90 Å². The molecule has 0 radical (unpaired) electrons. The Bertz CT molecular complexity index is 455. The monoisotopic (exact) mass is 251 g/mol. The van der Waals surface area contributed by atoms with Crippen molar-refractivity contribution >= 4 is 16.0 Å². The van der Waals surface area contributed by atoms with E-state index < -0.39 is 10.1 Å². The largest absolute Gasteiger partial charge is 1.00 e. The first-order chi connectivity index (χ1) is 6.89. The molecule has 5 nitrogen and oxygen atoms in total. The van der Waals surface area contributed by atoms with Gasteiger partial charge < -0.3 is 9.87 Å². The van der Waals surface area contributed by atoms with Gasteiger partial charge in [0.1, 0.15) is 10.1 Å². The smallest absolute Gasteiger partial charge is 0.744 e. The van der Waals surface area contributed by atoms with Crippen molar-refractivity contribution < 1.29 is 47.3 Å². The summed E-state index contributed by atoms with van der Waals surface area (Å²) in [6, 6.07) is 5.42. The van der Waals surface area contributed by atoms with Gasteiger partial charge in [-0.15, -0.1) is 0 Å². The van der Waals surface area contributed by atoms with Crippen LogP contribution in [0.1, 0.15) is 12.5 Å². The Labute approximate surface area is 116 Å². The van der Waals surface area contributed by atoms with E-state index in [1.807, 2.05) is 0 Å². The van der Waals surface area contributed by atoms with E-state index in [-0.39, 0.29) is 40.4 Å². The predicted octanol–water partition coefficient (Wildman–Crippen LogP) is -2.77. The molecule has 1 N–H and O–H groups in total. The summed E-state index contributed by atoms with van der Waals surface area (Å²) in [6.45, 7) is 1.70. The third-order valence-corrected chi connectivity index (χ3v) is 2.60. The number of carbonyl (C=O) groups is 1. The molecule has 0 saturated heterocycles. The molecule has 0 saturated carbocycles. The van der Waals surface area contributed by atoms with Crippen molar-refractivity contribution in [2.24, 2.45) is 0 Å². The van der Waals surface area contributed by atoms with Gasteiger partial charge in [-0.2, -0.15) is 0 Å². The Balaban J connectivity index is 0.00000225. The number of benzene rings is 1. The molecule has 16 heavy (non-hydrogen) atoms. The zero-order valence-electron chi connectivity index (χ0n) is 9.06. The third kappa shape index (κ3) is 5.09. The average molecular weight is 251 g/mol. The van der Waals surface area contributed by atoms with Crippen LogP contribution in [0.3, 0.4) is 0 Å². The maximum absolute atomic E-state index is 10.6. The molecule has 0 aromatic heterocycles. The molecule has 1 rings (SSSR count). The van der Waals surface area contributed by atoms with Gasteiger partial charge in [-0.3, -0.25) is 4.79 Å². The van der Waals surface area contributed by atoms with Gasteiger partial charge in [0.2, 0.25) is 5.91 Å². The van der Waals surface area contributed by atoms with E-state index in [9.17, 15) is 17.8 Å². The first kappa shape index (κ1) is 15.6. The van der Waals surface area contributed by atoms with Gasteiger partial charge in [-0.25, -0.2) is 8.42 Å². The van der Waals surface area contributed by atoms with Gasteiger partial charge in [0, 0.05) is 13.5 Å². The standard InChI is InChI=1S/C9H11NO4S.Na/c1-7(11)10-6-8-2-4-9(5-3-8)15(12,13)14;/h2-5H,6H2,1H3,(H,10,11)(H,12,13,14);/q;+1/p-1. The maximum atomic E-state index is 10.6. The zero-order chi connectivity index (χ0) is 11.5. The Hall–Kier alpha value is -0.400. The van der Waals surface area contributed by atoms with Crippen LogP contribution in [0.4, 0.5) is 0 Å².